The summed E-state index contributed by atoms with van der Waals surface area (Å²) in [6.07, 6.45) is 2.57. The summed E-state index contributed by atoms with van der Waals surface area (Å²) in [4.78, 5) is 34.2. The minimum Gasteiger partial charge on any atom is -0.436 e. The van der Waals surface area contributed by atoms with Crippen LogP contribution in [0, 0.1) is 41.4 Å². The van der Waals surface area contributed by atoms with Gasteiger partial charge in [0.15, 0.2) is 6.61 Å². The summed E-state index contributed by atoms with van der Waals surface area (Å²) in [6.45, 7) is -0.499. The lowest BCUT2D eigenvalue weighted by Crippen LogP contribution is -2.44. The fourth-order valence-electron chi connectivity index (χ4n) is 1.67. The summed E-state index contributed by atoms with van der Waals surface area (Å²) in [7, 11) is 0. The van der Waals surface area contributed by atoms with Gasteiger partial charge in [-0.25, -0.2) is 22.8 Å². The number of benzene rings is 1. The van der Waals surface area contributed by atoms with E-state index in [1.165, 1.54) is 0 Å². The molecular formula is C15H11F5N2O5. The molecule has 0 unspecified atom stereocenters. The normalized spacial score (nSPS) is 11.3. The molecule has 0 aliphatic carbocycles. The standard InChI is InChI=1S/C15H11F5N2O5/c1-2-5-26-15(25)22-6(3-4-7(21)23)14(24)27-13-11(19)9(17)8(16)10(18)12(13)20/h1,6H,3-5H2,(H2,21,23)(H,22,25)/t6-/m0/s1. The van der Waals surface area contributed by atoms with Crippen LogP contribution in [0.4, 0.5) is 26.7 Å². The molecule has 0 aromatic heterocycles. The first-order chi connectivity index (χ1) is 12.6. The molecule has 0 fully saturated rings. The molecule has 0 saturated heterocycles. The lowest BCUT2D eigenvalue weighted by molar-refractivity contribution is -0.137. The van der Waals surface area contributed by atoms with Crippen molar-refractivity contribution in [1.82, 2.24) is 5.32 Å². The fraction of sp³-hybridized carbons (Fsp3) is 0.267. The third-order valence-corrected chi connectivity index (χ3v) is 2.91. The van der Waals surface area contributed by atoms with Gasteiger partial charge in [0.25, 0.3) is 0 Å². The molecule has 0 aliphatic rings. The first-order valence-electron chi connectivity index (χ1n) is 6.98. The van der Waals surface area contributed by atoms with Crippen molar-refractivity contribution in [2.45, 2.75) is 18.9 Å². The number of terminal acetylenes is 1. The first-order valence-corrected chi connectivity index (χ1v) is 6.98. The number of nitrogens with one attached hydrogen (secondary N) is 1. The molecule has 0 radical (unpaired) electrons. The van der Waals surface area contributed by atoms with Gasteiger partial charge >= 0.3 is 12.1 Å². The van der Waals surface area contributed by atoms with Crippen LogP contribution in [0.15, 0.2) is 0 Å². The SMILES string of the molecule is C#CCOC(=O)N[C@@H](CCC(N)=O)C(=O)Oc1c(F)c(F)c(F)c(F)c1F. The quantitative estimate of drug-likeness (QED) is 0.181. The number of rotatable bonds is 7. The molecule has 1 rings (SSSR count). The molecule has 7 nitrogen and oxygen atoms in total. The Morgan fingerprint density at radius 2 is 1.56 bits per heavy atom. The number of ether oxygens (including phenoxy) is 2. The van der Waals surface area contributed by atoms with Crippen LogP contribution in [0.1, 0.15) is 12.8 Å². The number of carbonyl (C=O) groups excluding carboxylic acids is 3. The van der Waals surface area contributed by atoms with Gasteiger partial charge in [-0.1, -0.05) is 5.92 Å². The monoisotopic (exact) mass is 394 g/mol. The second-order valence-corrected chi connectivity index (χ2v) is 4.80. The average Bonchev–Trinajstić information content (AvgIpc) is 2.63. The fourth-order valence-corrected chi connectivity index (χ4v) is 1.67. The zero-order chi connectivity index (χ0) is 20.7. The Kier molecular flexibility index (Phi) is 7.52. The maximum Gasteiger partial charge on any atom is 0.408 e. The highest BCUT2D eigenvalue weighted by Gasteiger charge is 2.31. The van der Waals surface area contributed by atoms with E-state index in [4.69, 9.17) is 12.2 Å². The van der Waals surface area contributed by atoms with Crippen molar-refractivity contribution in [1.29, 1.82) is 0 Å². The lowest BCUT2D eigenvalue weighted by atomic mass is 10.1. The van der Waals surface area contributed by atoms with Crippen molar-refractivity contribution in [3.05, 3.63) is 29.1 Å². The summed E-state index contributed by atoms with van der Waals surface area (Å²) in [5.74, 6) is -14.4. The Balaban J connectivity index is 3.07. The Morgan fingerprint density at radius 1 is 1.04 bits per heavy atom. The Labute approximate surface area is 148 Å². The largest absolute Gasteiger partial charge is 0.436 e. The number of amides is 2. The second-order valence-electron chi connectivity index (χ2n) is 4.80. The van der Waals surface area contributed by atoms with Gasteiger partial charge in [0, 0.05) is 6.42 Å². The van der Waals surface area contributed by atoms with Gasteiger partial charge in [-0.2, -0.15) is 8.78 Å². The Bertz CT molecular complexity index is 780. The van der Waals surface area contributed by atoms with E-state index in [2.05, 4.69) is 9.47 Å². The van der Waals surface area contributed by atoms with Crippen LogP contribution < -0.4 is 15.8 Å². The van der Waals surface area contributed by atoms with E-state index >= 15 is 0 Å². The summed E-state index contributed by atoms with van der Waals surface area (Å²) in [6, 6.07) is -1.77. The predicted octanol–water partition coefficient (Wildman–Crippen LogP) is 1.28. The number of primary amides is 1. The van der Waals surface area contributed by atoms with Crippen LogP contribution in [0.3, 0.4) is 0 Å². The van der Waals surface area contributed by atoms with E-state index in [1.807, 2.05) is 11.2 Å². The number of esters is 1. The molecule has 0 saturated carbocycles. The average molecular weight is 394 g/mol. The number of hydrogen-bond acceptors (Lipinski definition) is 5. The van der Waals surface area contributed by atoms with Crippen molar-refractivity contribution in [3.63, 3.8) is 0 Å². The van der Waals surface area contributed by atoms with Crippen LogP contribution in [-0.4, -0.2) is 30.6 Å². The minimum absolute atomic E-state index is 0.494. The zero-order valence-electron chi connectivity index (χ0n) is 13.3. The van der Waals surface area contributed by atoms with Gasteiger partial charge in [0.2, 0.25) is 40.7 Å². The number of hydrogen-bond donors (Lipinski definition) is 2. The summed E-state index contributed by atoms with van der Waals surface area (Å²) in [5.41, 5.74) is 4.89. The molecule has 1 aromatic rings. The van der Waals surface area contributed by atoms with E-state index in [-0.39, 0.29) is 0 Å². The smallest absolute Gasteiger partial charge is 0.408 e. The number of carbonyl (C=O) groups is 3. The number of nitrogens with two attached hydrogens (primary N) is 1. The molecule has 146 valence electrons. The van der Waals surface area contributed by atoms with E-state index in [1.54, 1.807) is 0 Å². The van der Waals surface area contributed by atoms with Crippen molar-refractivity contribution in [3.8, 4) is 18.1 Å². The number of alkyl carbamates (subject to hydrolysis) is 1. The second kappa shape index (κ2) is 9.37. The molecule has 0 heterocycles. The van der Waals surface area contributed by atoms with E-state index < -0.39 is 78.3 Å². The highest BCUT2D eigenvalue weighted by molar-refractivity contribution is 5.84. The van der Waals surface area contributed by atoms with Crippen LogP contribution in [-0.2, 0) is 14.3 Å². The summed E-state index contributed by atoms with van der Waals surface area (Å²) < 4.78 is 75.0. The molecule has 0 bridgehead atoms. The minimum atomic E-state index is -2.45. The van der Waals surface area contributed by atoms with Crippen molar-refractivity contribution >= 4 is 18.0 Å². The van der Waals surface area contributed by atoms with Crippen molar-refractivity contribution < 1.29 is 45.8 Å². The van der Waals surface area contributed by atoms with Crippen molar-refractivity contribution in [2.75, 3.05) is 6.61 Å². The summed E-state index contributed by atoms with van der Waals surface area (Å²) in [5, 5.41) is 1.86. The molecule has 1 aromatic carbocycles. The van der Waals surface area contributed by atoms with Crippen molar-refractivity contribution in [2.24, 2.45) is 5.73 Å². The maximum atomic E-state index is 13.6. The van der Waals surface area contributed by atoms with Gasteiger partial charge in [0.05, 0.1) is 0 Å². The van der Waals surface area contributed by atoms with Crippen LogP contribution in [0.5, 0.6) is 5.75 Å². The van der Waals surface area contributed by atoms with Gasteiger partial charge < -0.3 is 20.5 Å². The third kappa shape index (κ3) is 5.56. The van der Waals surface area contributed by atoms with E-state index in [0.29, 0.717) is 0 Å². The molecular weight excluding hydrogens is 383 g/mol. The molecule has 2 amide bonds. The molecule has 3 N–H and O–H groups in total. The van der Waals surface area contributed by atoms with Crippen LogP contribution in [0.2, 0.25) is 0 Å². The predicted molar refractivity (Wildman–Crippen MR) is 77.4 cm³/mol. The highest BCUT2D eigenvalue weighted by Crippen LogP contribution is 2.29. The lowest BCUT2D eigenvalue weighted by Gasteiger charge is -2.17. The topological polar surface area (TPSA) is 108 Å². The van der Waals surface area contributed by atoms with E-state index in [9.17, 15) is 36.3 Å². The molecule has 0 spiro atoms. The van der Waals surface area contributed by atoms with Crippen LogP contribution in [0.25, 0.3) is 0 Å². The van der Waals surface area contributed by atoms with E-state index in [0.717, 1.165) is 0 Å². The van der Waals surface area contributed by atoms with Gasteiger partial charge in [-0.15, -0.1) is 6.42 Å². The van der Waals surface area contributed by atoms with Crippen LogP contribution >= 0.6 is 0 Å². The zero-order valence-corrected chi connectivity index (χ0v) is 13.3. The van der Waals surface area contributed by atoms with Gasteiger partial charge in [0.1, 0.15) is 6.04 Å². The molecule has 12 heteroatoms. The van der Waals surface area contributed by atoms with Gasteiger partial charge in [-0.05, 0) is 6.42 Å². The molecule has 0 aliphatic heterocycles. The van der Waals surface area contributed by atoms with Gasteiger partial charge in [-0.3, -0.25) is 4.79 Å². The maximum absolute atomic E-state index is 13.6. The Morgan fingerprint density at radius 3 is 2.04 bits per heavy atom. The third-order valence-electron chi connectivity index (χ3n) is 2.91. The molecule has 1 atom stereocenters. The molecule has 27 heavy (non-hydrogen) atoms. The first kappa shape index (κ1) is 21.7. The summed E-state index contributed by atoms with van der Waals surface area (Å²) >= 11 is 0. The Hall–Kier alpha value is -3.36. The highest BCUT2D eigenvalue weighted by atomic mass is 19.2. The number of halogens is 5.